The predicted molar refractivity (Wildman–Crippen MR) is 52.6 cm³/mol. The molecule has 0 atom stereocenters. The third kappa shape index (κ3) is 3.76. The summed E-state index contributed by atoms with van der Waals surface area (Å²) in [5.74, 6) is 0.306. The molecule has 0 radical (unpaired) electrons. The summed E-state index contributed by atoms with van der Waals surface area (Å²) >= 11 is 0. The lowest BCUT2D eigenvalue weighted by Gasteiger charge is -2.10. The number of hydrogen-bond acceptors (Lipinski definition) is 2. The molecule has 2 nitrogen and oxygen atoms in total. The molecule has 0 spiro atoms. The molecule has 13 heavy (non-hydrogen) atoms. The Labute approximate surface area is 80.5 Å². The third-order valence-electron chi connectivity index (χ3n) is 2.04. The van der Waals surface area contributed by atoms with Crippen LogP contribution in [0.25, 0.3) is 0 Å². The Morgan fingerprint density at radius 1 is 1.23 bits per heavy atom. The molecule has 0 saturated heterocycles. The molecule has 0 aliphatic heterocycles. The van der Waals surface area contributed by atoms with Crippen molar-refractivity contribution in [3.8, 4) is 12.1 Å². The molecule has 0 unspecified atom stereocenters. The minimum absolute atomic E-state index is 0.306. The molecule has 0 aliphatic carbocycles. The van der Waals surface area contributed by atoms with Crippen LogP contribution >= 0.6 is 0 Å². The first kappa shape index (κ1) is 11.7. The summed E-state index contributed by atoms with van der Waals surface area (Å²) < 4.78 is 0. The van der Waals surface area contributed by atoms with Crippen molar-refractivity contribution in [2.75, 3.05) is 0 Å². The molecular weight excluding hydrogens is 160 g/mol. The van der Waals surface area contributed by atoms with Crippen LogP contribution in [0.4, 0.5) is 0 Å². The van der Waals surface area contributed by atoms with Crippen LogP contribution in [-0.4, -0.2) is 0 Å². The second kappa shape index (κ2) is 6.26. The minimum atomic E-state index is 0.306. The summed E-state index contributed by atoms with van der Waals surface area (Å²) in [5, 5.41) is 17.4. The topological polar surface area (TPSA) is 47.6 Å². The smallest absolute Gasteiger partial charge is 0.129 e. The predicted octanol–water partition coefficient (Wildman–Crippen LogP) is 3.18. The number of nitriles is 2. The summed E-state index contributed by atoms with van der Waals surface area (Å²) in [6.45, 7) is 6.16. The maximum atomic E-state index is 8.71. The summed E-state index contributed by atoms with van der Waals surface area (Å²) in [5.41, 5.74) is 1.32. The highest BCUT2D eigenvalue weighted by atomic mass is 14.3. The molecule has 0 heterocycles. The summed E-state index contributed by atoms with van der Waals surface area (Å²) in [6, 6.07) is 3.92. The van der Waals surface area contributed by atoms with Gasteiger partial charge in [0.2, 0.25) is 0 Å². The minimum Gasteiger partial charge on any atom is -0.192 e. The average molecular weight is 176 g/mol. The zero-order chi connectivity index (χ0) is 10.3. The van der Waals surface area contributed by atoms with E-state index in [0.717, 1.165) is 24.8 Å². The van der Waals surface area contributed by atoms with Gasteiger partial charge in [-0.3, -0.25) is 0 Å². The molecule has 70 valence electrons. The van der Waals surface area contributed by atoms with E-state index >= 15 is 0 Å². The van der Waals surface area contributed by atoms with Crippen LogP contribution in [0, 0.1) is 28.6 Å². The number of rotatable bonds is 4. The third-order valence-corrected chi connectivity index (χ3v) is 2.04. The van der Waals surface area contributed by atoms with Gasteiger partial charge in [-0.15, -0.1) is 0 Å². The van der Waals surface area contributed by atoms with Crippen molar-refractivity contribution in [1.29, 1.82) is 10.5 Å². The molecular formula is C11H16N2. The first-order valence-electron chi connectivity index (χ1n) is 4.70. The van der Waals surface area contributed by atoms with Crippen LogP contribution in [-0.2, 0) is 0 Å². The first-order chi connectivity index (χ1) is 6.17. The van der Waals surface area contributed by atoms with E-state index in [1.165, 1.54) is 0 Å². The summed E-state index contributed by atoms with van der Waals surface area (Å²) in [6.07, 6.45) is 3.03. The molecule has 0 aromatic carbocycles. The van der Waals surface area contributed by atoms with Crippen LogP contribution in [0.3, 0.4) is 0 Å². The lowest BCUT2D eigenvalue weighted by atomic mass is 9.93. The van der Waals surface area contributed by atoms with E-state index < -0.39 is 0 Å². The van der Waals surface area contributed by atoms with Crippen LogP contribution < -0.4 is 0 Å². The number of hydrogen-bond donors (Lipinski definition) is 0. The van der Waals surface area contributed by atoms with Crippen molar-refractivity contribution in [2.45, 2.75) is 40.0 Å². The van der Waals surface area contributed by atoms with Gasteiger partial charge in [-0.05, 0) is 24.3 Å². The van der Waals surface area contributed by atoms with Gasteiger partial charge in [0.25, 0.3) is 0 Å². The summed E-state index contributed by atoms with van der Waals surface area (Å²) in [4.78, 5) is 0. The largest absolute Gasteiger partial charge is 0.192 e. The highest BCUT2D eigenvalue weighted by molar-refractivity contribution is 5.40. The van der Waals surface area contributed by atoms with E-state index in [0.29, 0.717) is 11.5 Å². The Kier molecular flexibility index (Phi) is 5.64. The van der Waals surface area contributed by atoms with Gasteiger partial charge in [-0.25, -0.2) is 0 Å². The quantitative estimate of drug-likeness (QED) is 0.617. The van der Waals surface area contributed by atoms with Gasteiger partial charge in [-0.2, -0.15) is 10.5 Å². The van der Waals surface area contributed by atoms with E-state index in [2.05, 4.69) is 6.92 Å². The Hall–Kier alpha value is -1.28. The van der Waals surface area contributed by atoms with Crippen LogP contribution in [0.1, 0.15) is 40.0 Å². The van der Waals surface area contributed by atoms with E-state index in [4.69, 9.17) is 10.5 Å². The van der Waals surface area contributed by atoms with Crippen molar-refractivity contribution in [3.05, 3.63) is 11.1 Å². The second-order valence-corrected chi connectivity index (χ2v) is 3.38. The zero-order valence-electron chi connectivity index (χ0n) is 8.59. The molecule has 0 aliphatic rings. The average Bonchev–Trinajstić information content (AvgIpc) is 2.11. The number of unbranched alkanes of at least 4 members (excludes halogenated alkanes) is 1. The van der Waals surface area contributed by atoms with Gasteiger partial charge in [0.05, 0.1) is 0 Å². The fraction of sp³-hybridized carbons (Fsp3) is 0.636. The van der Waals surface area contributed by atoms with Crippen LogP contribution in [0.5, 0.6) is 0 Å². The zero-order valence-corrected chi connectivity index (χ0v) is 8.59. The van der Waals surface area contributed by atoms with Crippen LogP contribution in [0.15, 0.2) is 11.1 Å². The van der Waals surface area contributed by atoms with Crippen LogP contribution in [0.2, 0.25) is 0 Å². The molecule has 0 bridgehead atoms. The lowest BCUT2D eigenvalue weighted by Crippen LogP contribution is -1.98. The van der Waals surface area contributed by atoms with Crippen molar-refractivity contribution in [2.24, 2.45) is 5.92 Å². The standard InChI is InChI=1S/C11H16N2/c1-4-5-6-11(9(2)3)10(7-12)8-13/h9H,4-6H2,1-3H3. The fourth-order valence-electron chi connectivity index (χ4n) is 1.24. The van der Waals surface area contributed by atoms with Gasteiger partial charge in [0.15, 0.2) is 0 Å². The van der Waals surface area contributed by atoms with E-state index in [9.17, 15) is 0 Å². The highest BCUT2D eigenvalue weighted by Gasteiger charge is 2.09. The first-order valence-corrected chi connectivity index (χ1v) is 4.70. The second-order valence-electron chi connectivity index (χ2n) is 3.38. The maximum Gasteiger partial charge on any atom is 0.129 e. The SMILES string of the molecule is CCCCC(=C(C#N)C#N)C(C)C. The molecule has 0 fully saturated rings. The van der Waals surface area contributed by atoms with Crippen molar-refractivity contribution >= 4 is 0 Å². The van der Waals surface area contributed by atoms with E-state index in [1.54, 1.807) is 0 Å². The number of allylic oxidation sites excluding steroid dienone is 2. The molecule has 0 aromatic rings. The van der Waals surface area contributed by atoms with Gasteiger partial charge in [0.1, 0.15) is 17.7 Å². The summed E-state index contributed by atoms with van der Waals surface area (Å²) in [7, 11) is 0. The Morgan fingerprint density at radius 2 is 1.77 bits per heavy atom. The monoisotopic (exact) mass is 176 g/mol. The lowest BCUT2D eigenvalue weighted by molar-refractivity contribution is 0.670. The van der Waals surface area contributed by atoms with Gasteiger partial charge < -0.3 is 0 Å². The molecule has 2 heteroatoms. The number of nitrogens with zero attached hydrogens (tertiary/aromatic N) is 2. The van der Waals surface area contributed by atoms with Gasteiger partial charge in [0, 0.05) is 0 Å². The van der Waals surface area contributed by atoms with Crippen molar-refractivity contribution < 1.29 is 0 Å². The normalized spacial score (nSPS) is 9.08. The van der Waals surface area contributed by atoms with Crippen molar-refractivity contribution in [3.63, 3.8) is 0 Å². The van der Waals surface area contributed by atoms with Gasteiger partial charge >= 0.3 is 0 Å². The molecule has 0 aromatic heterocycles. The molecule has 0 saturated carbocycles. The van der Waals surface area contributed by atoms with E-state index in [1.807, 2.05) is 26.0 Å². The van der Waals surface area contributed by atoms with Crippen molar-refractivity contribution in [1.82, 2.24) is 0 Å². The molecule has 0 N–H and O–H groups in total. The Balaban J connectivity index is 4.70. The molecule has 0 rings (SSSR count). The molecule has 0 amide bonds. The van der Waals surface area contributed by atoms with Gasteiger partial charge in [-0.1, -0.05) is 27.2 Å². The fourth-order valence-corrected chi connectivity index (χ4v) is 1.24. The van der Waals surface area contributed by atoms with E-state index in [-0.39, 0.29) is 0 Å². The Bertz CT molecular complexity index is 245. The Morgan fingerprint density at radius 3 is 2.08 bits per heavy atom. The highest BCUT2D eigenvalue weighted by Crippen LogP contribution is 2.20. The maximum absolute atomic E-state index is 8.71.